The van der Waals surface area contributed by atoms with Crippen molar-refractivity contribution in [2.24, 2.45) is 5.92 Å². The number of fused-ring (bicyclic) bond motifs is 3. The number of benzene rings is 3. The first-order chi connectivity index (χ1) is 24.4. The van der Waals surface area contributed by atoms with Crippen LogP contribution in [0.25, 0.3) is 0 Å². The molecule has 0 saturated carbocycles. The van der Waals surface area contributed by atoms with E-state index in [4.69, 9.17) is 37.4 Å². The quantitative estimate of drug-likeness (QED) is 0.123. The van der Waals surface area contributed by atoms with Crippen molar-refractivity contribution >= 4 is 41.0 Å². The Morgan fingerprint density at radius 2 is 1.69 bits per heavy atom. The number of carboxylic acids is 1. The van der Waals surface area contributed by atoms with Gasteiger partial charge in [0, 0.05) is 28.8 Å². The number of pyridine rings is 1. The van der Waals surface area contributed by atoms with E-state index >= 15 is 4.39 Å². The highest BCUT2D eigenvalue weighted by Crippen LogP contribution is 2.40. The number of anilines is 1. The third kappa shape index (κ3) is 7.83. The standard InChI is InChI=1S/C37H35Cl2F2N3O7/c1-49-33-8-4-23(14-34(33)50-2)26(16-28-29(38)18-43(48)19-30(28)39)27-13-21(3-6-25(27)36(45)46)17-44(32-7-5-24(40)15-31(32)41)37(47)51-35-20-42-11-9-22(35)10-12-42/h3-8,13-15,18-19,22,26,35H,9-12,16-17,20H2,1-2H3,(H-,45,46,48)/p+1/t26-,35-/m0/s1. The number of aromatic nitrogens is 1. The summed E-state index contributed by atoms with van der Waals surface area (Å²) in [6.45, 7) is 2.19. The minimum Gasteiger partial charge on any atom is -0.493 e. The van der Waals surface area contributed by atoms with Crippen LogP contribution in [-0.2, 0) is 17.7 Å². The van der Waals surface area contributed by atoms with E-state index in [1.54, 1.807) is 24.3 Å². The summed E-state index contributed by atoms with van der Waals surface area (Å²) in [5, 5.41) is 20.7. The van der Waals surface area contributed by atoms with Gasteiger partial charge in [0.2, 0.25) is 12.4 Å². The number of halogens is 4. The van der Waals surface area contributed by atoms with Crippen molar-refractivity contribution in [2.75, 3.05) is 38.8 Å². The van der Waals surface area contributed by atoms with E-state index in [1.807, 2.05) is 0 Å². The summed E-state index contributed by atoms with van der Waals surface area (Å²) < 4.78 is 47.0. The van der Waals surface area contributed by atoms with E-state index < -0.39 is 29.6 Å². The minimum absolute atomic E-state index is 0.0479. The number of hydrogen-bond acceptors (Lipinski definition) is 7. The number of amides is 1. The molecule has 1 amide bonds. The molecule has 7 rings (SSSR count). The van der Waals surface area contributed by atoms with Crippen molar-refractivity contribution < 1.29 is 47.6 Å². The van der Waals surface area contributed by atoms with Crippen LogP contribution in [0.1, 0.15) is 51.4 Å². The van der Waals surface area contributed by atoms with Gasteiger partial charge >= 0.3 is 12.1 Å². The molecule has 1 aromatic heterocycles. The first-order valence-corrected chi connectivity index (χ1v) is 17.0. The fourth-order valence-corrected chi connectivity index (χ4v) is 7.58. The molecule has 51 heavy (non-hydrogen) atoms. The van der Waals surface area contributed by atoms with E-state index in [2.05, 4.69) is 4.90 Å². The van der Waals surface area contributed by atoms with Gasteiger partial charge in [0.1, 0.15) is 27.8 Å². The number of carbonyl (C=O) groups excluding carboxylic acids is 1. The van der Waals surface area contributed by atoms with Gasteiger partial charge in [-0.1, -0.05) is 41.4 Å². The molecule has 4 aromatic rings. The lowest BCUT2D eigenvalue weighted by atomic mass is 9.82. The predicted octanol–water partition coefficient (Wildman–Crippen LogP) is 7.12. The monoisotopic (exact) mass is 742 g/mol. The molecule has 268 valence electrons. The van der Waals surface area contributed by atoms with Crippen LogP contribution >= 0.6 is 23.2 Å². The van der Waals surface area contributed by atoms with Crippen molar-refractivity contribution in [3.8, 4) is 11.5 Å². The molecule has 2 bridgehead atoms. The Morgan fingerprint density at radius 3 is 2.29 bits per heavy atom. The molecule has 0 aliphatic carbocycles. The Labute approximate surface area is 303 Å². The Morgan fingerprint density at radius 1 is 0.980 bits per heavy atom. The molecule has 0 unspecified atom stereocenters. The number of aromatic carboxylic acids is 1. The Hall–Kier alpha value is -4.65. The lowest BCUT2D eigenvalue weighted by Crippen LogP contribution is -2.53. The maximum Gasteiger partial charge on any atom is 0.415 e. The molecule has 3 aliphatic rings. The van der Waals surface area contributed by atoms with E-state index in [0.717, 1.165) is 41.6 Å². The number of carboxylic acid groups (broad SMARTS) is 1. The van der Waals surface area contributed by atoms with E-state index in [1.165, 1.54) is 44.8 Å². The van der Waals surface area contributed by atoms with Crippen LogP contribution in [0.2, 0.25) is 10.0 Å². The fraction of sp³-hybridized carbons (Fsp3) is 0.324. The highest BCUT2D eigenvalue weighted by molar-refractivity contribution is 6.35. The van der Waals surface area contributed by atoms with E-state index in [9.17, 15) is 24.3 Å². The summed E-state index contributed by atoms with van der Waals surface area (Å²) in [5.41, 5.74) is 1.57. The summed E-state index contributed by atoms with van der Waals surface area (Å²) in [6.07, 6.45) is 3.18. The fourth-order valence-electron chi connectivity index (χ4n) is 6.98. The van der Waals surface area contributed by atoms with Gasteiger partial charge in [-0.15, -0.1) is 0 Å². The van der Waals surface area contributed by atoms with Crippen LogP contribution < -0.4 is 19.1 Å². The average molecular weight is 744 g/mol. The second kappa shape index (κ2) is 15.3. The lowest BCUT2D eigenvalue weighted by Gasteiger charge is -2.44. The molecule has 2 atom stereocenters. The van der Waals surface area contributed by atoms with Crippen LogP contribution in [0.4, 0.5) is 19.3 Å². The topological polar surface area (TPSA) is 113 Å². The summed E-state index contributed by atoms with van der Waals surface area (Å²) in [5.74, 6) is -2.69. The summed E-state index contributed by atoms with van der Waals surface area (Å²) in [6, 6.07) is 12.6. The van der Waals surface area contributed by atoms with E-state index in [0.29, 0.717) is 46.4 Å². The molecule has 14 heteroatoms. The van der Waals surface area contributed by atoms with Crippen LogP contribution in [-0.4, -0.2) is 67.2 Å². The first-order valence-electron chi connectivity index (χ1n) is 16.3. The second-order valence-corrected chi connectivity index (χ2v) is 13.5. The molecular formula is C37H36Cl2F2N3O7+. The third-order valence-corrected chi connectivity index (χ3v) is 10.3. The molecule has 2 N–H and O–H groups in total. The molecule has 3 aromatic carbocycles. The Bertz CT molecular complexity index is 1930. The number of ether oxygens (including phenoxy) is 3. The van der Waals surface area contributed by atoms with Crippen LogP contribution in [0.3, 0.4) is 0 Å². The van der Waals surface area contributed by atoms with E-state index in [-0.39, 0.29) is 46.3 Å². The van der Waals surface area contributed by atoms with Crippen LogP contribution in [0.15, 0.2) is 67.0 Å². The average Bonchev–Trinajstić information content (AvgIpc) is 3.10. The van der Waals surface area contributed by atoms with Crippen molar-refractivity contribution in [3.63, 3.8) is 0 Å². The predicted molar refractivity (Wildman–Crippen MR) is 184 cm³/mol. The largest absolute Gasteiger partial charge is 0.493 e. The molecule has 4 heterocycles. The smallest absolute Gasteiger partial charge is 0.415 e. The van der Waals surface area contributed by atoms with Crippen molar-refractivity contribution in [1.29, 1.82) is 0 Å². The number of rotatable bonds is 11. The summed E-state index contributed by atoms with van der Waals surface area (Å²) >= 11 is 13.1. The normalized spacial score (nSPS) is 18.6. The van der Waals surface area contributed by atoms with Gasteiger partial charge in [-0.3, -0.25) is 15.0 Å². The molecule has 3 aliphatic heterocycles. The van der Waals surface area contributed by atoms with Crippen molar-refractivity contribution in [3.05, 3.63) is 116 Å². The Kier molecular flexibility index (Phi) is 10.8. The van der Waals surface area contributed by atoms with Gasteiger partial charge in [-0.2, -0.15) is 0 Å². The third-order valence-electron chi connectivity index (χ3n) is 9.62. The lowest BCUT2D eigenvalue weighted by molar-refractivity contribution is -0.904. The van der Waals surface area contributed by atoms with Gasteiger partial charge in [0.25, 0.3) is 0 Å². The molecule has 0 radical (unpaired) electrons. The van der Waals surface area contributed by atoms with Crippen molar-refractivity contribution in [1.82, 2.24) is 4.90 Å². The number of carbonyl (C=O) groups is 2. The zero-order chi connectivity index (χ0) is 36.4. The van der Waals surface area contributed by atoms with Gasteiger partial charge in [-0.25, -0.2) is 18.4 Å². The maximum atomic E-state index is 15.3. The molecule has 3 saturated heterocycles. The highest BCUT2D eigenvalue weighted by atomic mass is 35.5. The summed E-state index contributed by atoms with van der Waals surface area (Å²) in [7, 11) is 2.97. The second-order valence-electron chi connectivity index (χ2n) is 12.7. The van der Waals surface area contributed by atoms with Crippen LogP contribution in [0.5, 0.6) is 11.5 Å². The zero-order valence-corrected chi connectivity index (χ0v) is 29.3. The number of methoxy groups -OCH3 is 2. The number of piperidine rings is 3. The Balaban J connectivity index is 1.44. The van der Waals surface area contributed by atoms with Gasteiger partial charge in [0.15, 0.2) is 11.5 Å². The number of nitrogens with zero attached hydrogens (tertiary/aromatic N) is 3. The molecule has 10 nitrogen and oxygen atoms in total. The SMILES string of the molecule is COc1ccc([C@H](Cc2c(Cl)c[n+](O)cc2Cl)c2cc(CN(C(=O)O[C@H]3CN4CCC3CC4)c3ccc(F)cc3F)ccc2C(=O)O)cc1OC. The van der Waals surface area contributed by atoms with Gasteiger partial charge in [0.05, 0.1) is 32.0 Å². The zero-order valence-electron chi connectivity index (χ0n) is 27.8. The number of hydrogen-bond donors (Lipinski definition) is 2. The van der Waals surface area contributed by atoms with Gasteiger partial charge in [-0.05, 0) is 85.3 Å². The maximum absolute atomic E-state index is 15.3. The first kappa shape index (κ1) is 36.2. The highest BCUT2D eigenvalue weighted by Gasteiger charge is 2.38. The summed E-state index contributed by atoms with van der Waals surface area (Å²) in [4.78, 5) is 29.9. The molecular weight excluding hydrogens is 707 g/mol. The molecule has 0 spiro atoms. The molecule has 3 fully saturated rings. The van der Waals surface area contributed by atoms with Crippen molar-refractivity contribution in [2.45, 2.75) is 37.8 Å². The minimum atomic E-state index is -1.22. The van der Waals surface area contributed by atoms with Crippen LogP contribution in [0, 0.1) is 17.6 Å². The van der Waals surface area contributed by atoms with Gasteiger partial charge < -0.3 is 19.3 Å².